The summed E-state index contributed by atoms with van der Waals surface area (Å²) in [6, 6.07) is 0. The van der Waals surface area contributed by atoms with E-state index in [0.29, 0.717) is 25.7 Å². The summed E-state index contributed by atoms with van der Waals surface area (Å²) in [5.74, 6) is 0.963. The molecule has 2 fully saturated rings. The van der Waals surface area contributed by atoms with E-state index in [2.05, 4.69) is 10.2 Å². The minimum atomic E-state index is 0. The maximum atomic E-state index is 12.1. The Balaban J connectivity index is 0.00000180. The summed E-state index contributed by atoms with van der Waals surface area (Å²) >= 11 is 0. The van der Waals surface area contributed by atoms with Crippen LogP contribution >= 0.6 is 12.4 Å². The molecule has 2 saturated heterocycles. The van der Waals surface area contributed by atoms with Crippen molar-refractivity contribution < 1.29 is 9.53 Å². The van der Waals surface area contributed by atoms with Crippen LogP contribution < -0.4 is 5.32 Å². The summed E-state index contributed by atoms with van der Waals surface area (Å²) in [7, 11) is 2.00. The average Bonchev–Trinajstić information content (AvgIpc) is 2.40. The number of hydrogen-bond donors (Lipinski definition) is 1. The van der Waals surface area contributed by atoms with Crippen molar-refractivity contribution in [3.8, 4) is 0 Å². The molecule has 0 aliphatic carbocycles. The number of morpholine rings is 1. The van der Waals surface area contributed by atoms with Gasteiger partial charge in [0, 0.05) is 19.6 Å². The Kier molecular flexibility index (Phi) is 7.68. The molecular formula is C13H26ClN3O2. The summed E-state index contributed by atoms with van der Waals surface area (Å²) in [5.41, 5.74) is 0. The molecule has 112 valence electrons. The molecule has 2 aliphatic heterocycles. The van der Waals surface area contributed by atoms with Crippen LogP contribution in [0.15, 0.2) is 0 Å². The Morgan fingerprint density at radius 2 is 2.05 bits per heavy atom. The van der Waals surface area contributed by atoms with Crippen LogP contribution in [-0.2, 0) is 9.53 Å². The van der Waals surface area contributed by atoms with Crippen molar-refractivity contribution >= 4 is 18.3 Å². The highest BCUT2D eigenvalue weighted by Crippen LogP contribution is 2.15. The van der Waals surface area contributed by atoms with E-state index in [1.807, 2.05) is 11.9 Å². The van der Waals surface area contributed by atoms with E-state index < -0.39 is 0 Å². The molecule has 1 unspecified atom stereocenters. The van der Waals surface area contributed by atoms with Crippen molar-refractivity contribution in [2.75, 3.05) is 59.5 Å². The molecule has 5 nitrogen and oxygen atoms in total. The molecule has 0 aromatic rings. The second-order valence-corrected chi connectivity index (χ2v) is 5.29. The summed E-state index contributed by atoms with van der Waals surface area (Å²) < 4.78 is 5.27. The first kappa shape index (κ1) is 16.7. The van der Waals surface area contributed by atoms with Crippen LogP contribution in [0.1, 0.15) is 12.8 Å². The Labute approximate surface area is 122 Å². The smallest absolute Gasteiger partial charge is 0.236 e. The summed E-state index contributed by atoms with van der Waals surface area (Å²) in [6.07, 6.45) is 2.49. The second-order valence-electron chi connectivity index (χ2n) is 5.29. The van der Waals surface area contributed by atoms with Crippen LogP contribution in [-0.4, -0.2) is 75.2 Å². The molecule has 1 amide bonds. The van der Waals surface area contributed by atoms with Gasteiger partial charge in [0.25, 0.3) is 0 Å². The van der Waals surface area contributed by atoms with E-state index >= 15 is 0 Å². The number of amides is 1. The van der Waals surface area contributed by atoms with Gasteiger partial charge in [-0.25, -0.2) is 0 Å². The van der Waals surface area contributed by atoms with E-state index in [4.69, 9.17) is 4.74 Å². The predicted molar refractivity (Wildman–Crippen MR) is 77.7 cm³/mol. The van der Waals surface area contributed by atoms with Gasteiger partial charge in [-0.2, -0.15) is 0 Å². The van der Waals surface area contributed by atoms with Crippen molar-refractivity contribution in [1.29, 1.82) is 0 Å². The zero-order chi connectivity index (χ0) is 12.8. The first-order chi connectivity index (χ1) is 8.79. The number of carbonyl (C=O) groups is 1. The molecule has 0 saturated carbocycles. The topological polar surface area (TPSA) is 44.8 Å². The quantitative estimate of drug-likeness (QED) is 0.804. The van der Waals surface area contributed by atoms with Gasteiger partial charge in [-0.05, 0) is 38.9 Å². The average molecular weight is 292 g/mol. The van der Waals surface area contributed by atoms with Gasteiger partial charge in [-0.3, -0.25) is 9.69 Å². The van der Waals surface area contributed by atoms with Gasteiger partial charge in [-0.1, -0.05) is 0 Å². The third-order valence-corrected chi connectivity index (χ3v) is 3.82. The molecule has 2 heterocycles. The number of likely N-dealkylation sites (tertiary alicyclic amines) is 1. The third-order valence-electron chi connectivity index (χ3n) is 3.82. The van der Waals surface area contributed by atoms with Gasteiger partial charge >= 0.3 is 0 Å². The Morgan fingerprint density at radius 3 is 2.74 bits per heavy atom. The van der Waals surface area contributed by atoms with Gasteiger partial charge in [0.2, 0.25) is 5.91 Å². The fourth-order valence-electron chi connectivity index (χ4n) is 2.85. The maximum Gasteiger partial charge on any atom is 0.236 e. The standard InChI is InChI=1S/C13H25N3O2.ClH/c1-14-9-12-3-2-4-15(10-12)11-13(17)16-5-7-18-8-6-16;/h12,14H,2-11H2,1H3;1H. The summed E-state index contributed by atoms with van der Waals surface area (Å²) in [6.45, 7) is 6.65. The van der Waals surface area contributed by atoms with Crippen molar-refractivity contribution in [2.24, 2.45) is 5.92 Å². The highest BCUT2D eigenvalue weighted by molar-refractivity contribution is 5.85. The first-order valence-corrected chi connectivity index (χ1v) is 7.02. The fraction of sp³-hybridized carbons (Fsp3) is 0.923. The van der Waals surface area contributed by atoms with Gasteiger partial charge in [0.1, 0.15) is 0 Å². The van der Waals surface area contributed by atoms with Gasteiger partial charge in [0.05, 0.1) is 19.8 Å². The molecule has 0 spiro atoms. The number of ether oxygens (including phenoxy) is 1. The van der Waals surface area contributed by atoms with Gasteiger partial charge in [0.15, 0.2) is 0 Å². The lowest BCUT2D eigenvalue weighted by molar-refractivity contribution is -0.136. The zero-order valence-corrected chi connectivity index (χ0v) is 12.6. The van der Waals surface area contributed by atoms with E-state index in [0.717, 1.165) is 32.7 Å². The van der Waals surface area contributed by atoms with Crippen molar-refractivity contribution in [1.82, 2.24) is 15.1 Å². The van der Waals surface area contributed by atoms with Crippen LogP contribution in [0.3, 0.4) is 0 Å². The summed E-state index contributed by atoms with van der Waals surface area (Å²) in [4.78, 5) is 16.4. The number of rotatable bonds is 4. The van der Waals surface area contributed by atoms with Crippen LogP contribution in [0.2, 0.25) is 0 Å². The monoisotopic (exact) mass is 291 g/mol. The van der Waals surface area contributed by atoms with Crippen LogP contribution in [0.5, 0.6) is 0 Å². The fourth-order valence-corrected chi connectivity index (χ4v) is 2.85. The summed E-state index contributed by atoms with van der Waals surface area (Å²) in [5, 5.41) is 3.24. The highest BCUT2D eigenvalue weighted by Gasteiger charge is 2.24. The predicted octanol–water partition coefficient (Wildman–Crippen LogP) is 0.198. The number of hydrogen-bond acceptors (Lipinski definition) is 4. The Morgan fingerprint density at radius 1 is 1.32 bits per heavy atom. The van der Waals surface area contributed by atoms with Gasteiger partial charge < -0.3 is 15.0 Å². The molecule has 6 heteroatoms. The van der Waals surface area contributed by atoms with Crippen molar-refractivity contribution in [2.45, 2.75) is 12.8 Å². The first-order valence-electron chi connectivity index (χ1n) is 7.02. The minimum Gasteiger partial charge on any atom is -0.378 e. The van der Waals surface area contributed by atoms with Crippen molar-refractivity contribution in [3.63, 3.8) is 0 Å². The Hall–Kier alpha value is -0.360. The molecular weight excluding hydrogens is 266 g/mol. The normalized spacial score (nSPS) is 24.9. The number of nitrogens with zero attached hydrogens (tertiary/aromatic N) is 2. The third kappa shape index (κ3) is 5.26. The number of carbonyl (C=O) groups excluding carboxylic acids is 1. The highest BCUT2D eigenvalue weighted by atomic mass is 35.5. The molecule has 19 heavy (non-hydrogen) atoms. The van der Waals surface area contributed by atoms with E-state index in [1.54, 1.807) is 0 Å². The second kappa shape index (κ2) is 8.74. The van der Waals surface area contributed by atoms with Crippen molar-refractivity contribution in [3.05, 3.63) is 0 Å². The van der Waals surface area contributed by atoms with Gasteiger partial charge in [-0.15, -0.1) is 12.4 Å². The number of nitrogens with one attached hydrogen (secondary N) is 1. The maximum absolute atomic E-state index is 12.1. The molecule has 0 bridgehead atoms. The van der Waals surface area contributed by atoms with Crippen LogP contribution in [0, 0.1) is 5.92 Å². The molecule has 2 rings (SSSR count). The molecule has 1 atom stereocenters. The molecule has 0 aromatic carbocycles. The zero-order valence-electron chi connectivity index (χ0n) is 11.8. The lowest BCUT2D eigenvalue weighted by atomic mass is 9.98. The molecule has 0 aromatic heterocycles. The van der Waals surface area contributed by atoms with Crippen LogP contribution in [0.4, 0.5) is 0 Å². The molecule has 0 radical (unpaired) electrons. The molecule has 1 N–H and O–H groups in total. The van der Waals surface area contributed by atoms with E-state index in [1.165, 1.54) is 12.8 Å². The SMILES string of the molecule is CNCC1CCCN(CC(=O)N2CCOCC2)C1.Cl. The largest absolute Gasteiger partial charge is 0.378 e. The molecule has 2 aliphatic rings. The van der Waals surface area contributed by atoms with Crippen LogP contribution in [0.25, 0.3) is 0 Å². The van der Waals surface area contributed by atoms with E-state index in [-0.39, 0.29) is 18.3 Å². The van der Waals surface area contributed by atoms with E-state index in [9.17, 15) is 4.79 Å². The number of halogens is 1. The number of piperidine rings is 1. The lowest BCUT2D eigenvalue weighted by Gasteiger charge is -2.34. The lowest BCUT2D eigenvalue weighted by Crippen LogP contribution is -2.48. The minimum absolute atomic E-state index is 0. The Bertz CT molecular complexity index is 271.